The van der Waals surface area contributed by atoms with E-state index in [4.69, 9.17) is 14.2 Å². The van der Waals surface area contributed by atoms with Crippen LogP contribution in [0.4, 0.5) is 0 Å². The molecule has 2 rings (SSSR count). The van der Waals surface area contributed by atoms with E-state index >= 15 is 0 Å². The van der Waals surface area contributed by atoms with Crippen LogP contribution >= 0.6 is 0 Å². The second-order valence-electron chi connectivity index (χ2n) is 10.8. The van der Waals surface area contributed by atoms with Crippen LogP contribution in [0.15, 0.2) is 30.3 Å². The molecule has 42 heavy (non-hydrogen) atoms. The van der Waals surface area contributed by atoms with Crippen molar-refractivity contribution in [3.63, 3.8) is 0 Å². The van der Waals surface area contributed by atoms with Crippen LogP contribution in [0.5, 0.6) is 0 Å². The Morgan fingerprint density at radius 3 is 2.17 bits per heavy atom. The van der Waals surface area contributed by atoms with Gasteiger partial charge in [0, 0.05) is 26.4 Å². The standard InChI is InChI=1S/C30H46N4O8/c1-5-6-14-41-30(39)25(18-23-10-8-7-9-11-23)33-28(37)24(17-21(2)3)32-29(38)26(31-22(4)35)20-42-27(36)19-34-12-15-40-16-13-34/h7-11,21,24-26H,5-6,12-20H2,1-4H3,(H,31,35)(H,32,38)(H,33,37)/t24-,25-,26-/m0/s1. The van der Waals surface area contributed by atoms with Gasteiger partial charge >= 0.3 is 11.9 Å². The lowest BCUT2D eigenvalue weighted by molar-refractivity contribution is -0.148. The summed E-state index contributed by atoms with van der Waals surface area (Å²) in [6, 6.07) is 6.06. The van der Waals surface area contributed by atoms with Crippen LogP contribution in [-0.2, 0) is 44.6 Å². The summed E-state index contributed by atoms with van der Waals surface area (Å²) in [5.41, 5.74) is 0.837. The number of hydrogen-bond donors (Lipinski definition) is 3. The number of morpholine rings is 1. The minimum Gasteiger partial charge on any atom is -0.464 e. The Bertz CT molecular complexity index is 1010. The lowest BCUT2D eigenvalue weighted by Crippen LogP contribution is -2.57. The average molecular weight is 591 g/mol. The van der Waals surface area contributed by atoms with Crippen molar-refractivity contribution in [1.29, 1.82) is 0 Å². The van der Waals surface area contributed by atoms with Crippen molar-refractivity contribution >= 4 is 29.7 Å². The van der Waals surface area contributed by atoms with Gasteiger partial charge in [-0.2, -0.15) is 0 Å². The first-order valence-corrected chi connectivity index (χ1v) is 14.6. The molecule has 1 fully saturated rings. The molecule has 0 spiro atoms. The Hall–Kier alpha value is -3.51. The lowest BCUT2D eigenvalue weighted by atomic mass is 10.0. The third kappa shape index (κ3) is 13.4. The number of benzene rings is 1. The molecule has 0 radical (unpaired) electrons. The van der Waals surface area contributed by atoms with E-state index in [1.165, 1.54) is 6.92 Å². The van der Waals surface area contributed by atoms with Gasteiger partial charge in [-0.05, 0) is 24.3 Å². The molecule has 0 aliphatic carbocycles. The molecule has 3 N–H and O–H groups in total. The summed E-state index contributed by atoms with van der Waals surface area (Å²) in [7, 11) is 0. The summed E-state index contributed by atoms with van der Waals surface area (Å²) < 4.78 is 16.0. The molecule has 1 aliphatic rings. The van der Waals surface area contributed by atoms with Gasteiger partial charge in [0.2, 0.25) is 17.7 Å². The van der Waals surface area contributed by atoms with Crippen molar-refractivity contribution in [2.75, 3.05) is 46.1 Å². The van der Waals surface area contributed by atoms with E-state index in [1.807, 2.05) is 56.0 Å². The minimum atomic E-state index is -1.21. The first kappa shape index (κ1) is 34.7. The van der Waals surface area contributed by atoms with Crippen LogP contribution in [0.3, 0.4) is 0 Å². The number of unbranched alkanes of at least 4 members (excludes halogenated alkanes) is 1. The van der Waals surface area contributed by atoms with Crippen molar-refractivity contribution in [2.24, 2.45) is 5.92 Å². The Kier molecular flexibility index (Phi) is 15.6. The third-order valence-corrected chi connectivity index (χ3v) is 6.53. The number of esters is 2. The molecule has 12 heteroatoms. The predicted octanol–water partition coefficient (Wildman–Crippen LogP) is 0.968. The molecule has 1 aromatic rings. The first-order chi connectivity index (χ1) is 20.1. The molecule has 1 aliphatic heterocycles. The highest BCUT2D eigenvalue weighted by Gasteiger charge is 2.31. The highest BCUT2D eigenvalue weighted by molar-refractivity contribution is 5.93. The molecule has 3 amide bonds. The average Bonchev–Trinajstić information content (AvgIpc) is 2.95. The van der Waals surface area contributed by atoms with Crippen LogP contribution in [0.2, 0.25) is 0 Å². The highest BCUT2D eigenvalue weighted by atomic mass is 16.5. The summed E-state index contributed by atoms with van der Waals surface area (Å²) in [6.07, 6.45) is 2.03. The van der Waals surface area contributed by atoms with Crippen molar-refractivity contribution < 1.29 is 38.2 Å². The van der Waals surface area contributed by atoms with Gasteiger partial charge in [0.05, 0.1) is 26.4 Å². The Labute approximate surface area is 248 Å². The largest absolute Gasteiger partial charge is 0.464 e. The van der Waals surface area contributed by atoms with Crippen LogP contribution in [0.25, 0.3) is 0 Å². The molecule has 1 heterocycles. The first-order valence-electron chi connectivity index (χ1n) is 14.6. The van der Waals surface area contributed by atoms with Crippen molar-refractivity contribution in [1.82, 2.24) is 20.9 Å². The Morgan fingerprint density at radius 2 is 1.55 bits per heavy atom. The van der Waals surface area contributed by atoms with Gasteiger partial charge in [0.15, 0.2) is 0 Å². The number of ether oxygens (including phenoxy) is 3. The number of nitrogens with one attached hydrogen (secondary N) is 3. The normalized spacial score (nSPS) is 15.6. The zero-order chi connectivity index (χ0) is 30.9. The van der Waals surface area contributed by atoms with Gasteiger partial charge in [-0.15, -0.1) is 0 Å². The van der Waals surface area contributed by atoms with E-state index in [1.54, 1.807) is 0 Å². The van der Waals surface area contributed by atoms with Crippen LogP contribution in [0.1, 0.15) is 52.5 Å². The van der Waals surface area contributed by atoms with Gasteiger partial charge in [0.25, 0.3) is 0 Å². The van der Waals surface area contributed by atoms with Gasteiger partial charge in [-0.3, -0.25) is 24.1 Å². The van der Waals surface area contributed by atoms with Crippen molar-refractivity contribution in [3.8, 4) is 0 Å². The number of carbonyl (C=O) groups is 5. The topological polar surface area (TPSA) is 152 Å². The lowest BCUT2D eigenvalue weighted by Gasteiger charge is -2.27. The van der Waals surface area contributed by atoms with E-state index < -0.39 is 54.4 Å². The predicted molar refractivity (Wildman–Crippen MR) is 155 cm³/mol. The quantitative estimate of drug-likeness (QED) is 0.178. The van der Waals surface area contributed by atoms with E-state index in [9.17, 15) is 24.0 Å². The molecule has 0 saturated carbocycles. The SMILES string of the molecule is CCCCOC(=O)[C@H](Cc1ccccc1)NC(=O)[C@H](CC(C)C)NC(=O)[C@H](COC(=O)CN1CCOCC1)NC(C)=O. The summed E-state index contributed by atoms with van der Waals surface area (Å²) in [5.74, 6) is -2.83. The zero-order valence-corrected chi connectivity index (χ0v) is 25.2. The highest BCUT2D eigenvalue weighted by Crippen LogP contribution is 2.10. The number of carbonyl (C=O) groups excluding carboxylic acids is 5. The number of hydrogen-bond acceptors (Lipinski definition) is 9. The molecule has 0 unspecified atom stereocenters. The Balaban J connectivity index is 2.10. The molecule has 0 aromatic heterocycles. The van der Waals surface area contributed by atoms with Gasteiger partial charge < -0.3 is 30.2 Å². The molecular formula is C30H46N4O8. The summed E-state index contributed by atoms with van der Waals surface area (Å²) in [6.45, 7) is 9.11. The number of amides is 3. The maximum atomic E-state index is 13.5. The minimum absolute atomic E-state index is 0.00990. The van der Waals surface area contributed by atoms with E-state index in [2.05, 4.69) is 16.0 Å². The van der Waals surface area contributed by atoms with Crippen molar-refractivity contribution in [2.45, 2.75) is 71.5 Å². The van der Waals surface area contributed by atoms with Crippen LogP contribution in [-0.4, -0.2) is 98.7 Å². The molecule has 12 nitrogen and oxygen atoms in total. The summed E-state index contributed by atoms with van der Waals surface area (Å²) in [4.78, 5) is 65.7. The maximum Gasteiger partial charge on any atom is 0.328 e. The second-order valence-corrected chi connectivity index (χ2v) is 10.8. The molecule has 234 valence electrons. The van der Waals surface area contributed by atoms with Crippen LogP contribution in [0, 0.1) is 5.92 Å². The monoisotopic (exact) mass is 590 g/mol. The fourth-order valence-corrected chi connectivity index (χ4v) is 4.30. The Morgan fingerprint density at radius 1 is 0.905 bits per heavy atom. The molecule has 0 bridgehead atoms. The molecule has 1 saturated heterocycles. The van der Waals surface area contributed by atoms with Gasteiger partial charge in [0.1, 0.15) is 24.7 Å². The molecular weight excluding hydrogens is 544 g/mol. The third-order valence-electron chi connectivity index (χ3n) is 6.53. The molecule has 3 atom stereocenters. The summed E-state index contributed by atoms with van der Waals surface area (Å²) >= 11 is 0. The maximum absolute atomic E-state index is 13.5. The smallest absolute Gasteiger partial charge is 0.328 e. The fourth-order valence-electron chi connectivity index (χ4n) is 4.30. The number of rotatable bonds is 17. The van der Waals surface area contributed by atoms with Gasteiger partial charge in [-0.1, -0.05) is 57.5 Å². The summed E-state index contributed by atoms with van der Waals surface area (Å²) in [5, 5.41) is 7.93. The fraction of sp³-hybridized carbons (Fsp3) is 0.633. The zero-order valence-electron chi connectivity index (χ0n) is 25.2. The van der Waals surface area contributed by atoms with E-state index in [0.29, 0.717) is 32.7 Å². The molecule has 1 aromatic carbocycles. The van der Waals surface area contributed by atoms with Gasteiger partial charge in [-0.25, -0.2) is 4.79 Å². The van der Waals surface area contributed by atoms with E-state index in [-0.39, 0.29) is 31.9 Å². The number of nitrogens with zero attached hydrogens (tertiary/aromatic N) is 1. The van der Waals surface area contributed by atoms with Crippen molar-refractivity contribution in [3.05, 3.63) is 35.9 Å². The van der Waals surface area contributed by atoms with E-state index in [0.717, 1.165) is 12.0 Å². The second kappa shape index (κ2) is 18.8. The van der Waals surface area contributed by atoms with Crippen LogP contribution < -0.4 is 16.0 Å².